The first-order chi connectivity index (χ1) is 13.5. The highest BCUT2D eigenvalue weighted by Gasteiger charge is 2.23. The largest absolute Gasteiger partial charge is 0.508 e. The van der Waals surface area contributed by atoms with Crippen LogP contribution in [0.5, 0.6) is 11.5 Å². The van der Waals surface area contributed by atoms with Gasteiger partial charge in [-0.25, -0.2) is 0 Å². The van der Waals surface area contributed by atoms with E-state index in [0.29, 0.717) is 5.75 Å². The molecule has 0 saturated carbocycles. The number of thiol groups is 1. The summed E-state index contributed by atoms with van der Waals surface area (Å²) in [5.74, 6) is 3.01. The summed E-state index contributed by atoms with van der Waals surface area (Å²) in [7, 11) is 0. The average Bonchev–Trinajstić information content (AvgIpc) is 2.70. The Balaban J connectivity index is 1.86. The lowest BCUT2D eigenvalue weighted by atomic mass is 9.78. The van der Waals surface area contributed by atoms with Crippen molar-refractivity contribution in [2.24, 2.45) is 0 Å². The molecule has 0 aromatic heterocycles. The van der Waals surface area contributed by atoms with Crippen LogP contribution in [0.15, 0.2) is 48.5 Å². The molecule has 0 radical (unpaired) electrons. The van der Waals surface area contributed by atoms with Gasteiger partial charge in [0, 0.05) is 30.0 Å². The average molecular weight is 420 g/mol. The number of phenolic OH excluding ortho intramolecular Hbond substituents is 1. The van der Waals surface area contributed by atoms with Gasteiger partial charge in [-0.15, -0.1) is 0 Å². The Morgan fingerprint density at radius 3 is 2.14 bits per heavy atom. The zero-order chi connectivity index (χ0) is 20.4. The molecule has 5 heteroatoms. The predicted octanol–water partition coefficient (Wildman–Crippen LogP) is 5.78. The van der Waals surface area contributed by atoms with Crippen LogP contribution in [0, 0.1) is 0 Å². The number of nitrogens with zero attached hydrogens (tertiary/aromatic N) is 1. The minimum absolute atomic E-state index is 0.133. The molecule has 0 unspecified atom stereocenters. The van der Waals surface area contributed by atoms with E-state index in [1.165, 1.54) is 36.0 Å². The summed E-state index contributed by atoms with van der Waals surface area (Å²) in [5, 5.41) is 9.51. The van der Waals surface area contributed by atoms with Gasteiger partial charge in [0.15, 0.2) is 0 Å². The van der Waals surface area contributed by atoms with Crippen LogP contribution in [0.1, 0.15) is 44.7 Å². The second-order valence-electron chi connectivity index (χ2n) is 7.52. The maximum Gasteiger partial charge on any atom is 0.137 e. The van der Waals surface area contributed by atoms with Gasteiger partial charge in [0.25, 0.3) is 0 Å². The maximum absolute atomic E-state index is 9.51. The quantitative estimate of drug-likeness (QED) is 0.260. The number of rotatable bonds is 12. The van der Waals surface area contributed by atoms with Crippen molar-refractivity contribution in [2.45, 2.75) is 39.0 Å². The van der Waals surface area contributed by atoms with Crippen molar-refractivity contribution < 1.29 is 9.29 Å². The number of phenols is 1. The summed E-state index contributed by atoms with van der Waals surface area (Å²) < 4.78 is 5.87. The molecule has 0 spiro atoms. The fraction of sp³-hybridized carbons (Fsp3) is 0.478. The molecular formula is C23H33NO2S2. The van der Waals surface area contributed by atoms with Crippen LogP contribution in [0.4, 0.5) is 0 Å². The van der Waals surface area contributed by atoms with Gasteiger partial charge in [0.05, 0.1) is 12.0 Å². The Kier molecular flexibility index (Phi) is 9.56. The second kappa shape index (κ2) is 11.6. The molecular weight excluding hydrogens is 386 g/mol. The summed E-state index contributed by atoms with van der Waals surface area (Å²) in [6.07, 6.45) is 2.46. The summed E-state index contributed by atoms with van der Waals surface area (Å²) in [4.78, 5) is 2.45. The molecule has 0 saturated heterocycles. The highest BCUT2D eigenvalue weighted by molar-refractivity contribution is 7.95. The Morgan fingerprint density at radius 1 is 0.964 bits per heavy atom. The topological polar surface area (TPSA) is 32.7 Å². The first kappa shape index (κ1) is 23.0. The van der Waals surface area contributed by atoms with E-state index in [1.54, 1.807) is 12.1 Å². The second-order valence-corrected chi connectivity index (χ2v) is 8.78. The Bertz CT molecular complexity index is 687. The van der Waals surface area contributed by atoms with Gasteiger partial charge in [-0.05, 0) is 48.4 Å². The highest BCUT2D eigenvalue weighted by Crippen LogP contribution is 2.33. The number of unbranched alkanes of at least 4 members (excludes halogenated alkanes) is 1. The number of hydrogen-bond donors (Lipinski definition) is 2. The Morgan fingerprint density at radius 2 is 1.57 bits per heavy atom. The fourth-order valence-corrected chi connectivity index (χ4v) is 4.05. The molecule has 1 N–H and O–H groups in total. The van der Waals surface area contributed by atoms with Crippen molar-refractivity contribution in [1.82, 2.24) is 4.90 Å². The van der Waals surface area contributed by atoms with Crippen LogP contribution in [0.3, 0.4) is 0 Å². The van der Waals surface area contributed by atoms with Crippen molar-refractivity contribution in [1.29, 1.82) is 0 Å². The molecule has 2 aromatic carbocycles. The summed E-state index contributed by atoms with van der Waals surface area (Å²) in [5.41, 5.74) is 2.26. The lowest BCUT2D eigenvalue weighted by Crippen LogP contribution is -2.29. The number of benzene rings is 2. The van der Waals surface area contributed by atoms with Crippen LogP contribution in [0.25, 0.3) is 0 Å². The van der Waals surface area contributed by atoms with Gasteiger partial charge in [0.1, 0.15) is 11.5 Å². The minimum atomic E-state index is -0.133. The van der Waals surface area contributed by atoms with E-state index in [0.717, 1.165) is 36.9 Å². The molecule has 0 aliphatic carbocycles. The van der Waals surface area contributed by atoms with Crippen molar-refractivity contribution >= 4 is 24.7 Å². The molecule has 0 atom stereocenters. The van der Waals surface area contributed by atoms with Gasteiger partial charge < -0.3 is 14.2 Å². The molecule has 0 fully saturated rings. The first-order valence-electron chi connectivity index (χ1n) is 10.00. The van der Waals surface area contributed by atoms with Crippen molar-refractivity contribution in [2.75, 3.05) is 31.1 Å². The standard InChI is InChI=1S/C23H33NO2S2/c1-4-5-14-24(15-17-27)16-18-28-26-22-12-8-20(9-13-22)23(2,3)19-6-10-21(25)11-7-19/h6-13,25,27H,4-5,14-18H2,1-3H3. The number of hydrogen-bond acceptors (Lipinski definition) is 5. The minimum Gasteiger partial charge on any atom is -0.508 e. The SMILES string of the molecule is CCCCN(CCS)CCSOc1ccc(C(C)(C)c2ccc(O)cc2)cc1. The lowest BCUT2D eigenvalue weighted by Gasteiger charge is -2.26. The van der Waals surface area contributed by atoms with Gasteiger partial charge in [0.2, 0.25) is 0 Å². The first-order valence-corrected chi connectivity index (χ1v) is 11.5. The van der Waals surface area contributed by atoms with E-state index in [-0.39, 0.29) is 5.41 Å². The molecule has 0 aliphatic rings. The summed E-state index contributed by atoms with van der Waals surface area (Å²) >= 11 is 5.87. The molecule has 0 heterocycles. The molecule has 154 valence electrons. The van der Waals surface area contributed by atoms with Gasteiger partial charge in [-0.1, -0.05) is 51.5 Å². The molecule has 28 heavy (non-hydrogen) atoms. The Labute approximate surface area is 180 Å². The van der Waals surface area contributed by atoms with Crippen molar-refractivity contribution in [3.63, 3.8) is 0 Å². The van der Waals surface area contributed by atoms with Gasteiger partial charge in [-0.3, -0.25) is 0 Å². The van der Waals surface area contributed by atoms with Crippen LogP contribution in [-0.2, 0) is 5.41 Å². The van der Waals surface area contributed by atoms with E-state index in [1.807, 2.05) is 24.3 Å². The van der Waals surface area contributed by atoms with E-state index in [2.05, 4.69) is 50.4 Å². The zero-order valence-corrected chi connectivity index (χ0v) is 18.9. The fourth-order valence-electron chi connectivity index (χ4n) is 3.11. The summed E-state index contributed by atoms with van der Waals surface area (Å²) in [6, 6.07) is 15.7. The highest BCUT2D eigenvalue weighted by atomic mass is 32.2. The molecule has 0 aliphatic heterocycles. The van der Waals surface area contributed by atoms with E-state index in [9.17, 15) is 5.11 Å². The summed E-state index contributed by atoms with van der Waals surface area (Å²) in [6.45, 7) is 9.80. The van der Waals surface area contributed by atoms with E-state index >= 15 is 0 Å². The lowest BCUT2D eigenvalue weighted by molar-refractivity contribution is 0.303. The normalized spacial score (nSPS) is 11.8. The zero-order valence-electron chi connectivity index (χ0n) is 17.2. The van der Waals surface area contributed by atoms with Crippen molar-refractivity contribution in [3.05, 3.63) is 59.7 Å². The third-order valence-corrected chi connectivity index (χ3v) is 5.91. The maximum atomic E-state index is 9.51. The molecule has 2 aromatic rings. The predicted molar refractivity (Wildman–Crippen MR) is 125 cm³/mol. The third-order valence-electron chi connectivity index (χ3n) is 5.06. The third kappa shape index (κ3) is 6.94. The smallest absolute Gasteiger partial charge is 0.137 e. The van der Waals surface area contributed by atoms with Crippen LogP contribution >= 0.6 is 24.7 Å². The molecule has 0 amide bonds. The Hall–Kier alpha value is -1.30. The van der Waals surface area contributed by atoms with Gasteiger partial charge >= 0.3 is 0 Å². The van der Waals surface area contributed by atoms with E-state index < -0.39 is 0 Å². The van der Waals surface area contributed by atoms with Crippen LogP contribution < -0.4 is 4.18 Å². The van der Waals surface area contributed by atoms with E-state index in [4.69, 9.17) is 4.18 Å². The monoisotopic (exact) mass is 419 g/mol. The van der Waals surface area contributed by atoms with Crippen molar-refractivity contribution in [3.8, 4) is 11.5 Å². The molecule has 2 rings (SSSR count). The number of aromatic hydroxyl groups is 1. The molecule has 3 nitrogen and oxygen atoms in total. The van der Waals surface area contributed by atoms with Crippen LogP contribution in [-0.4, -0.2) is 41.1 Å². The van der Waals surface area contributed by atoms with Crippen LogP contribution in [0.2, 0.25) is 0 Å². The van der Waals surface area contributed by atoms with Gasteiger partial charge in [-0.2, -0.15) is 12.6 Å². The molecule has 0 bridgehead atoms.